The average molecular weight is 358 g/mol. The fourth-order valence-corrected chi connectivity index (χ4v) is 3.41. The number of amides is 1. The van der Waals surface area contributed by atoms with Crippen LogP contribution in [0.15, 0.2) is 34.9 Å². The topological polar surface area (TPSA) is 84.6 Å². The average Bonchev–Trinajstić information content (AvgIpc) is 3.00. The van der Waals surface area contributed by atoms with Crippen LogP contribution in [-0.4, -0.2) is 34.9 Å². The highest BCUT2D eigenvalue weighted by atomic mass is 16.5. The molecule has 2 aromatic rings. The second-order valence-corrected chi connectivity index (χ2v) is 7.07. The van der Waals surface area contributed by atoms with E-state index in [1.54, 1.807) is 6.07 Å². The zero-order valence-electron chi connectivity index (χ0n) is 15.3. The molecule has 0 aliphatic heterocycles. The molecule has 1 aromatic heterocycles. The van der Waals surface area contributed by atoms with E-state index in [4.69, 9.17) is 9.26 Å². The molecule has 26 heavy (non-hydrogen) atoms. The summed E-state index contributed by atoms with van der Waals surface area (Å²) in [5.41, 5.74) is 1.88. The largest absolute Gasteiger partial charge is 0.488 e. The number of ether oxygens (including phenoxy) is 1. The van der Waals surface area contributed by atoms with Gasteiger partial charge >= 0.3 is 0 Å². The third-order valence-electron chi connectivity index (χ3n) is 4.78. The summed E-state index contributed by atoms with van der Waals surface area (Å²) in [5.74, 6) is 1.18. The Hall–Kier alpha value is -2.34. The van der Waals surface area contributed by atoms with Gasteiger partial charge in [0.15, 0.2) is 0 Å². The van der Waals surface area contributed by atoms with Crippen LogP contribution in [0.1, 0.15) is 36.3 Å². The Morgan fingerprint density at radius 2 is 2.19 bits per heavy atom. The maximum absolute atomic E-state index is 12.1. The number of carbonyl (C=O) groups is 1. The van der Waals surface area contributed by atoms with Gasteiger partial charge in [0, 0.05) is 18.5 Å². The van der Waals surface area contributed by atoms with E-state index in [1.807, 2.05) is 38.1 Å². The van der Waals surface area contributed by atoms with Crippen LogP contribution in [0.5, 0.6) is 5.75 Å². The summed E-state index contributed by atoms with van der Waals surface area (Å²) in [6.07, 6.45) is 1.97. The lowest BCUT2D eigenvalue weighted by atomic mass is 9.84. The van der Waals surface area contributed by atoms with Gasteiger partial charge in [0.1, 0.15) is 17.6 Å². The van der Waals surface area contributed by atoms with Gasteiger partial charge in [-0.05, 0) is 50.8 Å². The number of aryl methyl sites for hydroxylation is 2. The van der Waals surface area contributed by atoms with Gasteiger partial charge in [-0.2, -0.15) is 0 Å². The highest BCUT2D eigenvalue weighted by molar-refractivity contribution is 5.77. The molecule has 6 nitrogen and oxygen atoms in total. The van der Waals surface area contributed by atoms with Gasteiger partial charge in [-0.25, -0.2) is 0 Å². The summed E-state index contributed by atoms with van der Waals surface area (Å²) in [4.78, 5) is 12.1. The van der Waals surface area contributed by atoms with Gasteiger partial charge in [-0.1, -0.05) is 17.3 Å². The Bertz CT molecular complexity index is 743. The second-order valence-electron chi connectivity index (χ2n) is 7.07. The molecule has 3 atom stereocenters. The first-order valence-corrected chi connectivity index (χ1v) is 9.11. The van der Waals surface area contributed by atoms with E-state index < -0.39 is 6.10 Å². The molecule has 3 rings (SSSR count). The number of nitrogens with one attached hydrogen (secondary N) is 1. The van der Waals surface area contributed by atoms with Crippen molar-refractivity contribution in [2.24, 2.45) is 5.92 Å². The number of hydrogen-bond acceptors (Lipinski definition) is 5. The summed E-state index contributed by atoms with van der Waals surface area (Å²) in [6, 6.07) is 9.59. The van der Waals surface area contributed by atoms with E-state index in [0.29, 0.717) is 12.3 Å². The predicted molar refractivity (Wildman–Crippen MR) is 96.9 cm³/mol. The molecule has 1 fully saturated rings. The van der Waals surface area contributed by atoms with Crippen molar-refractivity contribution in [2.45, 2.75) is 51.7 Å². The summed E-state index contributed by atoms with van der Waals surface area (Å²) in [6.45, 7) is 4.26. The standard InChI is InChI=1S/C20H26N2O4/c1-13-5-3-7-16(9-13)25-18-8-4-6-15(20(18)24)12-21-19(23)11-17-10-14(2)22-26-17/h3,5,7,9-10,15,18,20,24H,4,6,8,11-12H2,1-2H3,(H,21,23)/t15-,18-,20-/m1/s1. The SMILES string of the molecule is Cc1cccc(O[C@@H]2CCC[C@H](CNC(=O)Cc3cc(C)no3)[C@H]2O)c1. The number of rotatable bonds is 6. The van der Waals surface area contributed by atoms with Gasteiger partial charge in [-0.15, -0.1) is 0 Å². The Kier molecular flexibility index (Phi) is 5.93. The molecule has 1 amide bonds. The third kappa shape index (κ3) is 4.85. The Morgan fingerprint density at radius 3 is 2.92 bits per heavy atom. The van der Waals surface area contributed by atoms with Crippen LogP contribution in [0.4, 0.5) is 0 Å². The van der Waals surface area contributed by atoms with Gasteiger partial charge in [-0.3, -0.25) is 4.79 Å². The van der Waals surface area contributed by atoms with Crippen molar-refractivity contribution in [3.05, 3.63) is 47.3 Å². The van der Waals surface area contributed by atoms with E-state index in [9.17, 15) is 9.90 Å². The summed E-state index contributed by atoms with van der Waals surface area (Å²) in [7, 11) is 0. The van der Waals surface area contributed by atoms with Gasteiger partial charge < -0.3 is 19.7 Å². The minimum atomic E-state index is -0.600. The van der Waals surface area contributed by atoms with Crippen LogP contribution in [0.3, 0.4) is 0 Å². The van der Waals surface area contributed by atoms with Gasteiger partial charge in [0.25, 0.3) is 0 Å². The molecule has 0 radical (unpaired) electrons. The molecule has 1 aliphatic carbocycles. The molecule has 140 valence electrons. The zero-order valence-corrected chi connectivity index (χ0v) is 15.3. The van der Waals surface area contributed by atoms with Crippen LogP contribution in [0.2, 0.25) is 0 Å². The molecule has 0 unspecified atom stereocenters. The Morgan fingerprint density at radius 1 is 1.35 bits per heavy atom. The van der Waals surface area contributed by atoms with Crippen molar-refractivity contribution in [2.75, 3.05) is 6.54 Å². The van der Waals surface area contributed by atoms with Crippen LogP contribution in [0.25, 0.3) is 0 Å². The molecular weight excluding hydrogens is 332 g/mol. The fraction of sp³-hybridized carbons (Fsp3) is 0.500. The Labute approximate surface area is 153 Å². The minimum Gasteiger partial charge on any atom is -0.488 e. The highest BCUT2D eigenvalue weighted by Crippen LogP contribution is 2.28. The van der Waals surface area contributed by atoms with Gasteiger partial charge in [0.05, 0.1) is 18.2 Å². The highest BCUT2D eigenvalue weighted by Gasteiger charge is 2.33. The predicted octanol–water partition coefficient (Wildman–Crippen LogP) is 2.56. The first-order chi connectivity index (χ1) is 12.5. The summed E-state index contributed by atoms with van der Waals surface area (Å²) < 4.78 is 11.1. The first kappa shape index (κ1) is 18.5. The van der Waals surface area contributed by atoms with Gasteiger partial charge in [0.2, 0.25) is 5.91 Å². The molecule has 2 N–H and O–H groups in total. The number of benzene rings is 1. The second kappa shape index (κ2) is 8.36. The third-order valence-corrected chi connectivity index (χ3v) is 4.78. The number of carbonyl (C=O) groups excluding carboxylic acids is 1. The molecule has 6 heteroatoms. The maximum atomic E-state index is 12.1. The normalized spacial score (nSPS) is 22.8. The number of aromatic nitrogens is 1. The van der Waals surface area contributed by atoms with Crippen molar-refractivity contribution in [1.29, 1.82) is 0 Å². The van der Waals surface area contributed by atoms with E-state index >= 15 is 0 Å². The summed E-state index contributed by atoms with van der Waals surface area (Å²) >= 11 is 0. The van der Waals surface area contributed by atoms with Crippen molar-refractivity contribution in [1.82, 2.24) is 10.5 Å². The van der Waals surface area contributed by atoms with Crippen molar-refractivity contribution < 1.29 is 19.2 Å². The van der Waals surface area contributed by atoms with Crippen molar-refractivity contribution in [3.63, 3.8) is 0 Å². The molecule has 1 heterocycles. The van der Waals surface area contributed by atoms with Crippen LogP contribution in [-0.2, 0) is 11.2 Å². The number of aliphatic hydroxyl groups excluding tert-OH is 1. The molecule has 0 bridgehead atoms. The minimum absolute atomic E-state index is 0.0148. The molecule has 0 spiro atoms. The van der Waals surface area contributed by atoms with E-state index in [0.717, 1.165) is 36.3 Å². The van der Waals surface area contributed by atoms with Crippen LogP contribution < -0.4 is 10.1 Å². The molecule has 1 saturated carbocycles. The molecule has 0 saturated heterocycles. The van der Waals surface area contributed by atoms with E-state index in [1.165, 1.54) is 0 Å². The summed E-state index contributed by atoms with van der Waals surface area (Å²) in [5, 5.41) is 17.3. The monoisotopic (exact) mass is 358 g/mol. The van der Waals surface area contributed by atoms with Crippen LogP contribution >= 0.6 is 0 Å². The van der Waals surface area contributed by atoms with Crippen LogP contribution in [0, 0.1) is 19.8 Å². The number of aliphatic hydroxyl groups is 1. The lowest BCUT2D eigenvalue weighted by molar-refractivity contribution is -0.121. The quantitative estimate of drug-likeness (QED) is 0.829. The Balaban J connectivity index is 1.50. The van der Waals surface area contributed by atoms with E-state index in [2.05, 4.69) is 10.5 Å². The molecular formula is C20H26N2O4. The van der Waals surface area contributed by atoms with Crippen molar-refractivity contribution in [3.8, 4) is 5.75 Å². The fourth-order valence-electron chi connectivity index (χ4n) is 3.41. The van der Waals surface area contributed by atoms with Crippen molar-refractivity contribution >= 4 is 5.91 Å². The number of hydrogen-bond donors (Lipinski definition) is 2. The maximum Gasteiger partial charge on any atom is 0.227 e. The molecule has 1 aliphatic rings. The zero-order chi connectivity index (χ0) is 18.5. The lowest BCUT2D eigenvalue weighted by Gasteiger charge is -2.35. The number of nitrogens with zero attached hydrogens (tertiary/aromatic N) is 1. The molecule has 1 aromatic carbocycles. The van der Waals surface area contributed by atoms with E-state index in [-0.39, 0.29) is 24.3 Å². The lowest BCUT2D eigenvalue weighted by Crippen LogP contribution is -2.46. The first-order valence-electron chi connectivity index (χ1n) is 9.11. The smallest absolute Gasteiger partial charge is 0.227 e.